The van der Waals surface area contributed by atoms with Crippen molar-refractivity contribution in [1.29, 1.82) is 0 Å². The van der Waals surface area contributed by atoms with Gasteiger partial charge in [0.1, 0.15) is 17.6 Å². The van der Waals surface area contributed by atoms with Crippen LogP contribution in [0.2, 0.25) is 0 Å². The van der Waals surface area contributed by atoms with Crippen LogP contribution in [0.5, 0.6) is 5.75 Å². The van der Waals surface area contributed by atoms with E-state index >= 15 is 0 Å². The van der Waals surface area contributed by atoms with Crippen LogP contribution < -0.4 is 4.74 Å². The van der Waals surface area contributed by atoms with Gasteiger partial charge in [-0.25, -0.2) is 0 Å². The van der Waals surface area contributed by atoms with Crippen LogP contribution in [0.1, 0.15) is 36.0 Å². The third-order valence-electron chi connectivity index (χ3n) is 4.96. The fourth-order valence-electron chi connectivity index (χ4n) is 3.86. The number of para-hydroxylation sites is 1. The fraction of sp³-hybridized carbons (Fsp3) is 0.316. The van der Waals surface area contributed by atoms with Gasteiger partial charge in [-0.3, -0.25) is 4.79 Å². The van der Waals surface area contributed by atoms with Crippen molar-refractivity contribution in [3.8, 4) is 5.75 Å². The van der Waals surface area contributed by atoms with Gasteiger partial charge in [0.05, 0.1) is 5.41 Å². The molecule has 2 unspecified atom stereocenters. The van der Waals surface area contributed by atoms with E-state index in [1.165, 1.54) is 16.7 Å². The predicted octanol–water partition coefficient (Wildman–Crippen LogP) is 3.80. The number of ether oxygens (including phenoxy) is 1. The van der Waals surface area contributed by atoms with Crippen molar-refractivity contribution in [1.82, 2.24) is 0 Å². The zero-order valence-corrected chi connectivity index (χ0v) is 12.1. The van der Waals surface area contributed by atoms with Gasteiger partial charge in [0.25, 0.3) is 0 Å². The van der Waals surface area contributed by atoms with Gasteiger partial charge in [0.2, 0.25) is 0 Å². The highest BCUT2D eigenvalue weighted by molar-refractivity contribution is 5.81. The molecule has 0 amide bonds. The summed E-state index contributed by atoms with van der Waals surface area (Å²) in [6.45, 7) is 2.10. The number of carbonyl (C=O) groups is 1. The Kier molecular flexibility index (Phi) is 2.68. The summed E-state index contributed by atoms with van der Waals surface area (Å²) in [5.74, 6) is 1.26. The summed E-state index contributed by atoms with van der Waals surface area (Å²) in [4.78, 5) is 11.9. The van der Waals surface area contributed by atoms with Gasteiger partial charge in [-0.05, 0) is 25.0 Å². The first-order chi connectivity index (χ1) is 10.2. The summed E-state index contributed by atoms with van der Waals surface area (Å²) in [5, 5.41) is 0. The second kappa shape index (κ2) is 4.45. The lowest BCUT2D eigenvalue weighted by Gasteiger charge is -2.38. The van der Waals surface area contributed by atoms with E-state index < -0.39 is 0 Å². The second-order valence-corrected chi connectivity index (χ2v) is 6.18. The third-order valence-corrected chi connectivity index (χ3v) is 4.96. The van der Waals surface area contributed by atoms with E-state index in [1.54, 1.807) is 0 Å². The number of benzene rings is 2. The van der Waals surface area contributed by atoms with E-state index in [0.717, 1.165) is 12.2 Å². The molecule has 2 aromatic rings. The Morgan fingerprint density at radius 1 is 1.10 bits per heavy atom. The number of ketones is 1. The SMILES string of the molecule is Cc1ccc(C23CCC(=O)CC2Oc2ccccc23)cc1. The Labute approximate surface area is 124 Å². The monoisotopic (exact) mass is 278 g/mol. The molecule has 2 aromatic carbocycles. The van der Waals surface area contributed by atoms with Crippen molar-refractivity contribution in [3.05, 3.63) is 65.2 Å². The molecule has 21 heavy (non-hydrogen) atoms. The van der Waals surface area contributed by atoms with Crippen LogP contribution in [0, 0.1) is 6.92 Å². The van der Waals surface area contributed by atoms with Crippen molar-refractivity contribution in [2.24, 2.45) is 0 Å². The lowest BCUT2D eigenvalue weighted by atomic mass is 9.64. The molecule has 106 valence electrons. The van der Waals surface area contributed by atoms with E-state index in [0.29, 0.717) is 18.6 Å². The quantitative estimate of drug-likeness (QED) is 0.793. The van der Waals surface area contributed by atoms with Crippen LogP contribution in [0.25, 0.3) is 0 Å². The largest absolute Gasteiger partial charge is 0.488 e. The van der Waals surface area contributed by atoms with E-state index in [-0.39, 0.29) is 11.5 Å². The maximum atomic E-state index is 11.9. The minimum Gasteiger partial charge on any atom is -0.488 e. The number of hydrogen-bond donors (Lipinski definition) is 0. The predicted molar refractivity (Wildman–Crippen MR) is 81.7 cm³/mol. The Balaban J connectivity index is 1.92. The molecule has 1 fully saturated rings. The summed E-state index contributed by atoms with van der Waals surface area (Å²) < 4.78 is 6.15. The molecular weight excluding hydrogens is 260 g/mol. The number of aryl methyl sites for hydroxylation is 1. The lowest BCUT2D eigenvalue weighted by molar-refractivity contribution is -0.123. The van der Waals surface area contributed by atoms with Crippen LogP contribution in [-0.2, 0) is 10.2 Å². The Morgan fingerprint density at radius 2 is 1.86 bits per heavy atom. The van der Waals surface area contributed by atoms with E-state index in [9.17, 15) is 4.79 Å². The highest BCUT2D eigenvalue weighted by Gasteiger charge is 2.52. The van der Waals surface area contributed by atoms with E-state index in [1.807, 2.05) is 12.1 Å². The van der Waals surface area contributed by atoms with Gasteiger partial charge < -0.3 is 4.74 Å². The number of fused-ring (bicyclic) bond motifs is 3. The van der Waals surface area contributed by atoms with Gasteiger partial charge in [0.15, 0.2) is 0 Å². The van der Waals surface area contributed by atoms with Crippen LogP contribution >= 0.6 is 0 Å². The molecule has 1 aliphatic heterocycles. The Hall–Kier alpha value is -2.09. The molecule has 4 rings (SSSR count). The fourth-order valence-corrected chi connectivity index (χ4v) is 3.86. The van der Waals surface area contributed by atoms with Crippen LogP contribution in [0.3, 0.4) is 0 Å². The maximum absolute atomic E-state index is 11.9. The highest BCUT2D eigenvalue weighted by Crippen LogP contribution is 2.53. The first kappa shape index (κ1) is 12.6. The average molecular weight is 278 g/mol. The summed E-state index contributed by atoms with van der Waals surface area (Å²) in [6, 6.07) is 16.9. The summed E-state index contributed by atoms with van der Waals surface area (Å²) in [5.41, 5.74) is 3.62. The lowest BCUT2D eigenvalue weighted by Crippen LogP contribution is -2.44. The number of hydrogen-bond acceptors (Lipinski definition) is 2. The molecule has 0 aromatic heterocycles. The average Bonchev–Trinajstić information content (AvgIpc) is 2.82. The zero-order valence-electron chi connectivity index (χ0n) is 12.1. The number of Topliss-reactive ketones (excluding diaryl/α,β-unsaturated/α-hetero) is 1. The first-order valence-electron chi connectivity index (χ1n) is 7.55. The first-order valence-corrected chi connectivity index (χ1v) is 7.55. The van der Waals surface area contributed by atoms with Crippen molar-refractivity contribution in [2.45, 2.75) is 37.7 Å². The van der Waals surface area contributed by atoms with Crippen molar-refractivity contribution >= 4 is 5.78 Å². The zero-order chi connectivity index (χ0) is 14.4. The van der Waals surface area contributed by atoms with E-state index in [2.05, 4.69) is 43.3 Å². The number of rotatable bonds is 1. The highest BCUT2D eigenvalue weighted by atomic mass is 16.5. The Morgan fingerprint density at radius 3 is 2.67 bits per heavy atom. The standard InChI is InChI=1S/C19H18O2/c1-13-6-8-14(9-7-13)19-11-10-15(20)12-18(19)21-17-5-3-2-4-16(17)19/h2-9,18H,10-12H2,1H3. The minimum atomic E-state index is -0.155. The molecule has 0 spiro atoms. The molecule has 1 aliphatic carbocycles. The molecule has 1 heterocycles. The summed E-state index contributed by atoms with van der Waals surface area (Å²) >= 11 is 0. The van der Waals surface area contributed by atoms with Crippen LogP contribution in [0.15, 0.2) is 48.5 Å². The van der Waals surface area contributed by atoms with Crippen molar-refractivity contribution in [3.63, 3.8) is 0 Å². The minimum absolute atomic E-state index is 0.0566. The van der Waals surface area contributed by atoms with Crippen LogP contribution in [0.4, 0.5) is 0 Å². The van der Waals surface area contributed by atoms with Gasteiger partial charge in [-0.1, -0.05) is 48.0 Å². The summed E-state index contributed by atoms with van der Waals surface area (Å²) in [6.07, 6.45) is 1.94. The molecule has 0 saturated heterocycles. The normalized spacial score (nSPS) is 26.9. The van der Waals surface area contributed by atoms with Crippen molar-refractivity contribution in [2.75, 3.05) is 0 Å². The van der Waals surface area contributed by atoms with Gasteiger partial charge in [0, 0.05) is 18.4 Å². The second-order valence-electron chi connectivity index (χ2n) is 6.18. The van der Waals surface area contributed by atoms with Crippen molar-refractivity contribution < 1.29 is 9.53 Å². The Bertz CT molecular complexity index is 702. The van der Waals surface area contributed by atoms with Gasteiger partial charge in [-0.2, -0.15) is 0 Å². The van der Waals surface area contributed by atoms with E-state index in [4.69, 9.17) is 4.74 Å². The number of carbonyl (C=O) groups excluding carboxylic acids is 1. The molecule has 0 radical (unpaired) electrons. The molecule has 1 saturated carbocycles. The molecular formula is C19H18O2. The molecule has 0 bridgehead atoms. The topological polar surface area (TPSA) is 26.3 Å². The summed E-state index contributed by atoms with van der Waals surface area (Å²) in [7, 11) is 0. The smallest absolute Gasteiger partial charge is 0.136 e. The maximum Gasteiger partial charge on any atom is 0.136 e. The van der Waals surface area contributed by atoms with Gasteiger partial charge in [-0.15, -0.1) is 0 Å². The molecule has 2 nitrogen and oxygen atoms in total. The molecule has 2 atom stereocenters. The third kappa shape index (κ3) is 1.75. The molecule has 0 N–H and O–H groups in total. The molecule has 2 aliphatic rings. The van der Waals surface area contributed by atoms with Crippen LogP contribution in [-0.4, -0.2) is 11.9 Å². The molecule has 2 heteroatoms. The van der Waals surface area contributed by atoms with Gasteiger partial charge >= 0.3 is 0 Å².